The molecule has 1 atom stereocenters. The Kier molecular flexibility index (Phi) is 4.85. The SMILES string of the molecule is O=C(O)CC1CS(=O)(=O)CCN1Cc1c(F)cccc1Cl. The summed E-state index contributed by atoms with van der Waals surface area (Å²) in [4.78, 5) is 12.6. The van der Waals surface area contributed by atoms with Crippen LogP contribution in [0.4, 0.5) is 4.39 Å². The molecule has 2 rings (SSSR count). The summed E-state index contributed by atoms with van der Waals surface area (Å²) >= 11 is 5.96. The van der Waals surface area contributed by atoms with Gasteiger partial charge in [0.2, 0.25) is 0 Å². The molecule has 0 saturated carbocycles. The Bertz CT molecular complexity index is 629. The fourth-order valence-corrected chi connectivity index (χ4v) is 4.22. The summed E-state index contributed by atoms with van der Waals surface area (Å²) in [6.45, 7) is 0.268. The van der Waals surface area contributed by atoms with Crippen molar-refractivity contribution in [2.75, 3.05) is 18.1 Å². The summed E-state index contributed by atoms with van der Waals surface area (Å²) < 4.78 is 37.1. The lowest BCUT2D eigenvalue weighted by atomic mass is 10.1. The number of carboxylic acid groups (broad SMARTS) is 1. The van der Waals surface area contributed by atoms with Gasteiger partial charge in [-0.3, -0.25) is 9.69 Å². The van der Waals surface area contributed by atoms with Gasteiger partial charge in [0.1, 0.15) is 5.82 Å². The molecule has 0 bridgehead atoms. The zero-order chi connectivity index (χ0) is 15.6. The van der Waals surface area contributed by atoms with E-state index < -0.39 is 27.7 Å². The maximum absolute atomic E-state index is 13.8. The van der Waals surface area contributed by atoms with Crippen molar-refractivity contribution in [3.8, 4) is 0 Å². The molecule has 1 aromatic rings. The fraction of sp³-hybridized carbons (Fsp3) is 0.462. The molecule has 1 unspecified atom stereocenters. The van der Waals surface area contributed by atoms with Crippen LogP contribution < -0.4 is 0 Å². The molecule has 1 aromatic carbocycles. The van der Waals surface area contributed by atoms with E-state index in [0.717, 1.165) is 0 Å². The van der Waals surface area contributed by atoms with Gasteiger partial charge in [0.05, 0.1) is 17.9 Å². The summed E-state index contributed by atoms with van der Waals surface area (Å²) in [5.74, 6) is -1.85. The van der Waals surface area contributed by atoms with E-state index in [1.807, 2.05) is 0 Å². The zero-order valence-electron chi connectivity index (χ0n) is 11.1. The van der Waals surface area contributed by atoms with Crippen LogP contribution in [0.25, 0.3) is 0 Å². The maximum atomic E-state index is 13.8. The van der Waals surface area contributed by atoms with Crippen molar-refractivity contribution in [3.63, 3.8) is 0 Å². The van der Waals surface area contributed by atoms with Gasteiger partial charge in [-0.05, 0) is 12.1 Å². The first kappa shape index (κ1) is 16.2. The molecule has 1 fully saturated rings. The summed E-state index contributed by atoms with van der Waals surface area (Å²) in [7, 11) is -3.25. The number of benzene rings is 1. The van der Waals surface area contributed by atoms with E-state index in [0.29, 0.717) is 0 Å². The molecular formula is C13H15ClFNO4S. The van der Waals surface area contributed by atoms with Crippen molar-refractivity contribution in [2.24, 2.45) is 0 Å². The second-order valence-corrected chi connectivity index (χ2v) is 7.67. The fourth-order valence-electron chi connectivity index (χ4n) is 2.41. The van der Waals surface area contributed by atoms with Crippen molar-refractivity contribution in [1.82, 2.24) is 4.90 Å². The van der Waals surface area contributed by atoms with Crippen LogP contribution in [0.3, 0.4) is 0 Å². The summed E-state index contributed by atoms with van der Waals surface area (Å²) in [6, 6.07) is 3.63. The van der Waals surface area contributed by atoms with Crippen LogP contribution >= 0.6 is 11.6 Å². The Labute approximate surface area is 127 Å². The molecule has 8 heteroatoms. The Hall–Kier alpha value is -1.18. The van der Waals surface area contributed by atoms with Crippen molar-refractivity contribution >= 4 is 27.4 Å². The molecule has 0 spiro atoms. The number of nitrogens with zero attached hydrogens (tertiary/aromatic N) is 1. The molecule has 1 N–H and O–H groups in total. The maximum Gasteiger partial charge on any atom is 0.304 e. The van der Waals surface area contributed by atoms with Gasteiger partial charge in [-0.15, -0.1) is 0 Å². The molecule has 21 heavy (non-hydrogen) atoms. The van der Waals surface area contributed by atoms with Gasteiger partial charge >= 0.3 is 5.97 Å². The average molecular weight is 336 g/mol. The van der Waals surface area contributed by atoms with Gasteiger partial charge in [-0.2, -0.15) is 0 Å². The first-order valence-corrected chi connectivity index (χ1v) is 8.57. The molecule has 116 valence electrons. The third-order valence-corrected chi connectivity index (χ3v) is 5.54. The van der Waals surface area contributed by atoms with Crippen LogP contribution in [0.2, 0.25) is 5.02 Å². The highest BCUT2D eigenvalue weighted by Crippen LogP contribution is 2.24. The molecule has 0 radical (unpaired) electrons. The molecule has 1 aliphatic heterocycles. The van der Waals surface area contributed by atoms with Gasteiger partial charge < -0.3 is 5.11 Å². The predicted octanol–water partition coefficient (Wildman–Crippen LogP) is 1.55. The number of aliphatic carboxylic acids is 1. The summed E-state index contributed by atoms with van der Waals surface area (Å²) in [5, 5.41) is 9.16. The van der Waals surface area contributed by atoms with Gasteiger partial charge in [0.15, 0.2) is 9.84 Å². The Morgan fingerprint density at radius 1 is 1.48 bits per heavy atom. The molecule has 5 nitrogen and oxygen atoms in total. The third-order valence-electron chi connectivity index (χ3n) is 3.49. The highest BCUT2D eigenvalue weighted by atomic mass is 35.5. The smallest absolute Gasteiger partial charge is 0.304 e. The van der Waals surface area contributed by atoms with E-state index in [1.165, 1.54) is 12.1 Å². The monoisotopic (exact) mass is 335 g/mol. The van der Waals surface area contributed by atoms with E-state index in [1.54, 1.807) is 11.0 Å². The van der Waals surface area contributed by atoms with E-state index >= 15 is 0 Å². The predicted molar refractivity (Wildman–Crippen MR) is 76.5 cm³/mol. The van der Waals surface area contributed by atoms with Gasteiger partial charge in [0, 0.05) is 29.7 Å². The van der Waals surface area contributed by atoms with Crippen LogP contribution in [0.1, 0.15) is 12.0 Å². The van der Waals surface area contributed by atoms with Crippen molar-refractivity contribution in [2.45, 2.75) is 19.0 Å². The third kappa shape index (κ3) is 4.15. The van der Waals surface area contributed by atoms with E-state index in [-0.39, 0.29) is 41.6 Å². The Balaban J connectivity index is 2.22. The minimum Gasteiger partial charge on any atom is -0.481 e. The number of sulfone groups is 1. The number of halogens is 2. The number of hydrogen-bond donors (Lipinski definition) is 1. The topological polar surface area (TPSA) is 74.7 Å². The molecule has 1 heterocycles. The van der Waals surface area contributed by atoms with Crippen LogP contribution in [0.15, 0.2) is 18.2 Å². The zero-order valence-corrected chi connectivity index (χ0v) is 12.7. The van der Waals surface area contributed by atoms with Crippen LogP contribution in [0.5, 0.6) is 0 Å². The van der Waals surface area contributed by atoms with Crippen molar-refractivity contribution in [1.29, 1.82) is 0 Å². The van der Waals surface area contributed by atoms with Crippen LogP contribution in [-0.4, -0.2) is 48.5 Å². The van der Waals surface area contributed by atoms with Crippen molar-refractivity contribution in [3.05, 3.63) is 34.6 Å². The first-order chi connectivity index (χ1) is 9.78. The minimum absolute atomic E-state index is 0.0603. The molecule has 0 aromatic heterocycles. The second-order valence-electron chi connectivity index (χ2n) is 5.04. The molecular weight excluding hydrogens is 321 g/mol. The van der Waals surface area contributed by atoms with Crippen LogP contribution in [-0.2, 0) is 21.2 Å². The quantitative estimate of drug-likeness (QED) is 0.903. The molecule has 0 amide bonds. The van der Waals surface area contributed by atoms with Crippen LogP contribution in [0, 0.1) is 5.82 Å². The Morgan fingerprint density at radius 3 is 2.81 bits per heavy atom. The minimum atomic E-state index is -3.25. The highest BCUT2D eigenvalue weighted by molar-refractivity contribution is 7.91. The lowest BCUT2D eigenvalue weighted by Gasteiger charge is -2.34. The first-order valence-electron chi connectivity index (χ1n) is 6.37. The van der Waals surface area contributed by atoms with Gasteiger partial charge in [-0.1, -0.05) is 17.7 Å². The summed E-state index contributed by atoms with van der Waals surface area (Å²) in [5.41, 5.74) is 0.258. The van der Waals surface area contributed by atoms with Crippen molar-refractivity contribution < 1.29 is 22.7 Å². The lowest BCUT2D eigenvalue weighted by molar-refractivity contribution is -0.138. The number of hydrogen-bond acceptors (Lipinski definition) is 4. The molecule has 1 aliphatic rings. The standard InChI is InChI=1S/C13H15ClFNO4S/c14-11-2-1-3-12(15)10(11)7-16-4-5-21(19,20)8-9(16)6-13(17)18/h1-3,9H,4-8H2,(H,17,18). The summed E-state index contributed by atoms with van der Waals surface area (Å²) in [6.07, 6.45) is -0.300. The number of rotatable bonds is 4. The normalized spacial score (nSPS) is 22.1. The molecule has 0 aliphatic carbocycles. The van der Waals surface area contributed by atoms with E-state index in [2.05, 4.69) is 0 Å². The highest BCUT2D eigenvalue weighted by Gasteiger charge is 2.33. The van der Waals surface area contributed by atoms with E-state index in [4.69, 9.17) is 16.7 Å². The Morgan fingerprint density at radius 2 is 2.19 bits per heavy atom. The van der Waals surface area contributed by atoms with E-state index in [9.17, 15) is 17.6 Å². The second kappa shape index (κ2) is 6.29. The number of carboxylic acids is 1. The average Bonchev–Trinajstić information content (AvgIpc) is 2.35. The van der Waals surface area contributed by atoms with Gasteiger partial charge in [0.25, 0.3) is 0 Å². The molecule has 1 saturated heterocycles. The number of carbonyl (C=O) groups is 1. The van der Waals surface area contributed by atoms with Gasteiger partial charge in [-0.25, -0.2) is 12.8 Å². The lowest BCUT2D eigenvalue weighted by Crippen LogP contribution is -2.48. The largest absolute Gasteiger partial charge is 0.481 e.